The van der Waals surface area contributed by atoms with E-state index in [0.29, 0.717) is 0 Å². The molecule has 1 saturated carbocycles. The number of carboxylic acid groups (broad SMARTS) is 1. The molecular weight excluding hydrogens is 302 g/mol. The van der Waals surface area contributed by atoms with Crippen LogP contribution in [0.15, 0.2) is 0 Å². The van der Waals surface area contributed by atoms with E-state index in [1.54, 1.807) is 0 Å². The summed E-state index contributed by atoms with van der Waals surface area (Å²) in [5.74, 6) is -2.04. The number of carbonyl (C=O) groups excluding carboxylic acids is 2. The number of amides is 3. The number of nitrogens with one attached hydrogen (secondary N) is 3. The standard InChI is InChI=1S/C11H19N3O6S/c1-21(19,20)5-4-8(10(16)17)14-11(18)12-6-9(15)13-7-2-3-7/h7-8H,2-6H2,1H3,(H,13,15)(H,16,17)(H2,12,14,18). The van der Waals surface area contributed by atoms with Gasteiger partial charge < -0.3 is 21.1 Å². The van der Waals surface area contributed by atoms with E-state index in [0.717, 1.165) is 19.1 Å². The zero-order valence-electron chi connectivity index (χ0n) is 11.6. The Morgan fingerprint density at radius 3 is 2.38 bits per heavy atom. The first-order valence-corrected chi connectivity index (χ1v) is 8.47. The molecule has 1 atom stereocenters. The molecule has 1 rings (SSSR count). The zero-order valence-corrected chi connectivity index (χ0v) is 12.4. The van der Waals surface area contributed by atoms with Crippen LogP contribution in [0.5, 0.6) is 0 Å². The van der Waals surface area contributed by atoms with Crippen LogP contribution in [0.2, 0.25) is 0 Å². The monoisotopic (exact) mass is 321 g/mol. The molecule has 9 nitrogen and oxygen atoms in total. The molecule has 1 aliphatic rings. The lowest BCUT2D eigenvalue weighted by Gasteiger charge is -2.14. The molecule has 0 saturated heterocycles. The third-order valence-corrected chi connectivity index (χ3v) is 3.71. The van der Waals surface area contributed by atoms with Gasteiger partial charge in [-0.3, -0.25) is 4.79 Å². The van der Waals surface area contributed by atoms with Gasteiger partial charge in [-0.25, -0.2) is 18.0 Å². The van der Waals surface area contributed by atoms with Gasteiger partial charge in [0.1, 0.15) is 15.9 Å². The zero-order chi connectivity index (χ0) is 16.0. The highest BCUT2D eigenvalue weighted by Crippen LogP contribution is 2.18. The highest BCUT2D eigenvalue weighted by atomic mass is 32.2. The summed E-state index contributed by atoms with van der Waals surface area (Å²) in [6.45, 7) is -0.263. The van der Waals surface area contributed by atoms with E-state index in [2.05, 4.69) is 16.0 Å². The Kier molecular flexibility index (Phi) is 5.94. The smallest absolute Gasteiger partial charge is 0.326 e. The molecule has 21 heavy (non-hydrogen) atoms. The number of carboxylic acids is 1. The van der Waals surface area contributed by atoms with Crippen LogP contribution in [0.3, 0.4) is 0 Å². The Morgan fingerprint density at radius 2 is 1.90 bits per heavy atom. The van der Waals surface area contributed by atoms with Crippen molar-refractivity contribution in [2.24, 2.45) is 0 Å². The van der Waals surface area contributed by atoms with Crippen molar-refractivity contribution in [3.8, 4) is 0 Å². The quantitative estimate of drug-likeness (QED) is 0.426. The molecule has 0 radical (unpaired) electrons. The summed E-state index contributed by atoms with van der Waals surface area (Å²) in [5, 5.41) is 15.9. The molecule has 0 aromatic carbocycles. The topological polar surface area (TPSA) is 142 Å². The third-order valence-electron chi connectivity index (χ3n) is 2.73. The van der Waals surface area contributed by atoms with Gasteiger partial charge in [-0.2, -0.15) is 0 Å². The average molecular weight is 321 g/mol. The molecule has 3 amide bonds. The SMILES string of the molecule is CS(=O)(=O)CCC(NC(=O)NCC(=O)NC1CC1)C(=O)O. The van der Waals surface area contributed by atoms with Gasteiger partial charge in [-0.05, 0) is 19.3 Å². The molecule has 0 aromatic rings. The van der Waals surface area contributed by atoms with Gasteiger partial charge in [0.15, 0.2) is 0 Å². The molecule has 0 aliphatic heterocycles. The van der Waals surface area contributed by atoms with Crippen molar-refractivity contribution < 1.29 is 27.9 Å². The lowest BCUT2D eigenvalue weighted by Crippen LogP contribution is -2.49. The largest absolute Gasteiger partial charge is 0.480 e. The van der Waals surface area contributed by atoms with Crippen LogP contribution in [-0.2, 0) is 19.4 Å². The first-order valence-electron chi connectivity index (χ1n) is 6.41. The van der Waals surface area contributed by atoms with E-state index in [1.807, 2.05) is 0 Å². The van der Waals surface area contributed by atoms with E-state index in [9.17, 15) is 22.8 Å². The second-order valence-corrected chi connectivity index (χ2v) is 7.24. The van der Waals surface area contributed by atoms with Crippen LogP contribution in [0.25, 0.3) is 0 Å². The first-order chi connectivity index (χ1) is 9.67. The molecule has 1 unspecified atom stereocenters. The fourth-order valence-electron chi connectivity index (χ4n) is 1.47. The molecule has 4 N–H and O–H groups in total. The Labute approximate surface area is 122 Å². The molecule has 0 aromatic heterocycles. The van der Waals surface area contributed by atoms with Crippen LogP contribution in [0.1, 0.15) is 19.3 Å². The first kappa shape index (κ1) is 17.2. The Bertz CT molecular complexity index is 514. The van der Waals surface area contributed by atoms with Gasteiger partial charge in [0.05, 0.1) is 12.3 Å². The van der Waals surface area contributed by atoms with Gasteiger partial charge >= 0.3 is 12.0 Å². The van der Waals surface area contributed by atoms with Crippen LogP contribution in [0, 0.1) is 0 Å². The normalized spacial score (nSPS) is 15.9. The second-order valence-electron chi connectivity index (χ2n) is 4.98. The summed E-state index contributed by atoms with van der Waals surface area (Å²) in [6, 6.07) is -1.99. The van der Waals surface area contributed by atoms with Crippen molar-refractivity contribution in [2.45, 2.75) is 31.3 Å². The summed E-state index contributed by atoms with van der Waals surface area (Å²) < 4.78 is 22.0. The maximum Gasteiger partial charge on any atom is 0.326 e. The summed E-state index contributed by atoms with van der Waals surface area (Å²) in [7, 11) is -3.32. The molecule has 120 valence electrons. The molecule has 0 heterocycles. The number of sulfone groups is 1. The maximum atomic E-state index is 11.5. The number of carbonyl (C=O) groups is 3. The predicted octanol–water partition coefficient (Wildman–Crippen LogP) is -1.55. The van der Waals surface area contributed by atoms with Gasteiger partial charge in [0.2, 0.25) is 5.91 Å². The van der Waals surface area contributed by atoms with Crippen molar-refractivity contribution in [2.75, 3.05) is 18.6 Å². The lowest BCUT2D eigenvalue weighted by molar-refractivity contribution is -0.139. The average Bonchev–Trinajstić information content (AvgIpc) is 3.14. The van der Waals surface area contributed by atoms with E-state index >= 15 is 0 Å². The van der Waals surface area contributed by atoms with Crippen LogP contribution >= 0.6 is 0 Å². The molecule has 1 fully saturated rings. The summed E-state index contributed by atoms with van der Waals surface area (Å²) in [5.41, 5.74) is 0. The summed E-state index contributed by atoms with van der Waals surface area (Å²) >= 11 is 0. The lowest BCUT2D eigenvalue weighted by atomic mass is 10.2. The summed E-state index contributed by atoms with van der Waals surface area (Å²) in [6.07, 6.45) is 2.58. The fraction of sp³-hybridized carbons (Fsp3) is 0.727. The van der Waals surface area contributed by atoms with E-state index in [-0.39, 0.29) is 30.7 Å². The van der Waals surface area contributed by atoms with E-state index in [1.165, 1.54) is 0 Å². The number of aliphatic carboxylic acids is 1. The molecule has 0 spiro atoms. The van der Waals surface area contributed by atoms with Crippen molar-refractivity contribution in [1.82, 2.24) is 16.0 Å². The van der Waals surface area contributed by atoms with Gasteiger partial charge in [-0.1, -0.05) is 0 Å². The van der Waals surface area contributed by atoms with Crippen molar-refractivity contribution in [3.05, 3.63) is 0 Å². The number of urea groups is 1. The third kappa shape index (κ3) is 8.12. The number of hydrogen-bond acceptors (Lipinski definition) is 5. The Hall–Kier alpha value is -1.84. The summed E-state index contributed by atoms with van der Waals surface area (Å²) in [4.78, 5) is 33.7. The molecule has 0 bridgehead atoms. The Balaban J connectivity index is 2.33. The van der Waals surface area contributed by atoms with Crippen LogP contribution in [0.4, 0.5) is 4.79 Å². The highest BCUT2D eigenvalue weighted by Gasteiger charge is 2.24. The minimum Gasteiger partial charge on any atom is -0.480 e. The van der Waals surface area contributed by atoms with Crippen LogP contribution < -0.4 is 16.0 Å². The van der Waals surface area contributed by atoms with Crippen molar-refractivity contribution >= 4 is 27.7 Å². The Morgan fingerprint density at radius 1 is 1.29 bits per heavy atom. The maximum absolute atomic E-state index is 11.5. The minimum absolute atomic E-state index is 0.170. The number of rotatable bonds is 8. The fourth-order valence-corrected chi connectivity index (χ4v) is 2.13. The molecular formula is C11H19N3O6S. The molecule has 1 aliphatic carbocycles. The van der Waals surface area contributed by atoms with E-state index < -0.39 is 27.9 Å². The molecule has 10 heteroatoms. The van der Waals surface area contributed by atoms with Gasteiger partial charge in [-0.15, -0.1) is 0 Å². The van der Waals surface area contributed by atoms with Gasteiger partial charge in [0, 0.05) is 12.3 Å². The van der Waals surface area contributed by atoms with E-state index in [4.69, 9.17) is 5.11 Å². The van der Waals surface area contributed by atoms with Crippen molar-refractivity contribution in [1.29, 1.82) is 0 Å². The number of hydrogen-bond donors (Lipinski definition) is 4. The van der Waals surface area contributed by atoms with Crippen LogP contribution in [-0.4, -0.2) is 62.1 Å². The second kappa shape index (κ2) is 7.25. The highest BCUT2D eigenvalue weighted by molar-refractivity contribution is 7.90. The minimum atomic E-state index is -3.32. The van der Waals surface area contributed by atoms with Crippen molar-refractivity contribution in [3.63, 3.8) is 0 Å². The predicted molar refractivity (Wildman–Crippen MR) is 73.5 cm³/mol. The van der Waals surface area contributed by atoms with Gasteiger partial charge in [0.25, 0.3) is 0 Å².